The average Bonchev–Trinajstić information content (AvgIpc) is 2.24. The zero-order valence-corrected chi connectivity index (χ0v) is 10.4. The van der Waals surface area contributed by atoms with E-state index >= 15 is 0 Å². The maximum absolute atomic E-state index is 13.6. The molecule has 88 valence electrons. The summed E-state index contributed by atoms with van der Waals surface area (Å²) in [6.45, 7) is 6.60. The Morgan fingerprint density at radius 3 is 2.81 bits per heavy atom. The summed E-state index contributed by atoms with van der Waals surface area (Å²) in [5.41, 5.74) is 0.463. The third-order valence-electron chi connectivity index (χ3n) is 2.68. The van der Waals surface area contributed by atoms with Crippen LogP contribution in [-0.4, -0.2) is 13.6 Å². The van der Waals surface area contributed by atoms with Gasteiger partial charge in [-0.1, -0.05) is 24.6 Å². The van der Waals surface area contributed by atoms with Crippen molar-refractivity contribution >= 4 is 11.6 Å². The smallest absolute Gasteiger partial charge is 0.126 e. The van der Waals surface area contributed by atoms with Crippen LogP contribution in [0, 0.1) is 11.2 Å². The summed E-state index contributed by atoms with van der Waals surface area (Å²) in [6, 6.07) is 4.64. The van der Waals surface area contributed by atoms with E-state index in [1.165, 1.54) is 6.07 Å². The number of nitrogens with one attached hydrogen (secondary N) is 1. The quantitative estimate of drug-likeness (QED) is 0.779. The fraction of sp³-hybridized carbons (Fsp3) is 0.385. The molecule has 0 aromatic heterocycles. The van der Waals surface area contributed by atoms with Crippen LogP contribution in [0.1, 0.15) is 12.5 Å². The van der Waals surface area contributed by atoms with Crippen molar-refractivity contribution in [2.45, 2.75) is 13.3 Å². The predicted octanol–water partition coefficient (Wildman–Crippen LogP) is 3.43. The van der Waals surface area contributed by atoms with Gasteiger partial charge in [0, 0.05) is 17.0 Å². The van der Waals surface area contributed by atoms with E-state index in [4.69, 9.17) is 11.6 Å². The third-order valence-corrected chi connectivity index (χ3v) is 2.91. The van der Waals surface area contributed by atoms with Crippen LogP contribution in [0.2, 0.25) is 5.02 Å². The molecule has 0 radical (unpaired) electrons. The van der Waals surface area contributed by atoms with Gasteiger partial charge in [0.1, 0.15) is 5.82 Å². The maximum Gasteiger partial charge on any atom is 0.126 e. The molecule has 0 fully saturated rings. The molecule has 0 aliphatic rings. The van der Waals surface area contributed by atoms with E-state index in [1.54, 1.807) is 12.1 Å². The number of hydrogen-bond acceptors (Lipinski definition) is 1. The Morgan fingerprint density at radius 2 is 2.25 bits per heavy atom. The Kier molecular flexibility index (Phi) is 4.51. The van der Waals surface area contributed by atoms with Crippen molar-refractivity contribution in [2.24, 2.45) is 5.41 Å². The highest BCUT2D eigenvalue weighted by molar-refractivity contribution is 6.30. The zero-order valence-electron chi connectivity index (χ0n) is 9.69. The summed E-state index contributed by atoms with van der Waals surface area (Å²) < 4.78 is 13.6. The third kappa shape index (κ3) is 3.32. The van der Waals surface area contributed by atoms with Gasteiger partial charge in [0.25, 0.3) is 0 Å². The van der Waals surface area contributed by atoms with Gasteiger partial charge in [-0.05, 0) is 37.2 Å². The average molecular weight is 242 g/mol. The van der Waals surface area contributed by atoms with Crippen LogP contribution in [0.5, 0.6) is 0 Å². The lowest BCUT2D eigenvalue weighted by molar-refractivity contribution is 0.398. The Balaban J connectivity index is 2.93. The summed E-state index contributed by atoms with van der Waals surface area (Å²) >= 11 is 5.86. The molecule has 1 aromatic rings. The van der Waals surface area contributed by atoms with Crippen LogP contribution >= 0.6 is 11.6 Å². The molecule has 0 bridgehead atoms. The largest absolute Gasteiger partial charge is 0.319 e. The molecular weight excluding hydrogens is 225 g/mol. The Labute approximate surface area is 101 Å². The number of benzene rings is 1. The van der Waals surface area contributed by atoms with Gasteiger partial charge in [-0.15, -0.1) is 6.58 Å². The van der Waals surface area contributed by atoms with Gasteiger partial charge in [0.15, 0.2) is 0 Å². The zero-order chi connectivity index (χ0) is 12.2. The second-order valence-electron chi connectivity index (χ2n) is 4.30. The Hall–Kier alpha value is -0.860. The van der Waals surface area contributed by atoms with Crippen molar-refractivity contribution in [3.05, 3.63) is 47.3 Å². The van der Waals surface area contributed by atoms with Crippen LogP contribution in [0.15, 0.2) is 30.9 Å². The lowest BCUT2D eigenvalue weighted by Gasteiger charge is -2.25. The molecule has 0 spiro atoms. The van der Waals surface area contributed by atoms with E-state index in [1.807, 2.05) is 20.0 Å². The van der Waals surface area contributed by atoms with Crippen LogP contribution in [0.3, 0.4) is 0 Å². The minimum absolute atomic E-state index is 0.166. The first-order valence-electron chi connectivity index (χ1n) is 5.23. The molecule has 1 atom stereocenters. The highest BCUT2D eigenvalue weighted by Gasteiger charge is 2.21. The van der Waals surface area contributed by atoms with E-state index in [-0.39, 0.29) is 11.2 Å². The van der Waals surface area contributed by atoms with Crippen LogP contribution < -0.4 is 5.32 Å². The molecule has 1 nitrogen and oxygen atoms in total. The van der Waals surface area contributed by atoms with Crippen molar-refractivity contribution in [1.82, 2.24) is 5.32 Å². The van der Waals surface area contributed by atoms with Gasteiger partial charge in [-0.2, -0.15) is 0 Å². The van der Waals surface area contributed by atoms with Crippen molar-refractivity contribution in [3.8, 4) is 0 Å². The molecule has 1 unspecified atom stereocenters. The van der Waals surface area contributed by atoms with Gasteiger partial charge >= 0.3 is 0 Å². The monoisotopic (exact) mass is 241 g/mol. The van der Waals surface area contributed by atoms with E-state index in [9.17, 15) is 4.39 Å². The Morgan fingerprint density at radius 1 is 1.56 bits per heavy atom. The van der Waals surface area contributed by atoms with Gasteiger partial charge in [-0.3, -0.25) is 0 Å². The molecule has 1 aromatic carbocycles. The minimum Gasteiger partial charge on any atom is -0.319 e. The van der Waals surface area contributed by atoms with Crippen LogP contribution in [0.25, 0.3) is 0 Å². The van der Waals surface area contributed by atoms with Gasteiger partial charge in [0.05, 0.1) is 0 Å². The van der Waals surface area contributed by atoms with Gasteiger partial charge in [0.2, 0.25) is 0 Å². The molecule has 0 saturated heterocycles. The second-order valence-corrected chi connectivity index (χ2v) is 4.74. The lowest BCUT2D eigenvalue weighted by atomic mass is 9.83. The maximum atomic E-state index is 13.6. The first-order chi connectivity index (χ1) is 7.50. The highest BCUT2D eigenvalue weighted by atomic mass is 35.5. The van der Waals surface area contributed by atoms with E-state index in [2.05, 4.69) is 11.9 Å². The second kappa shape index (κ2) is 5.46. The minimum atomic E-state index is -0.214. The fourth-order valence-electron chi connectivity index (χ4n) is 1.72. The van der Waals surface area contributed by atoms with Crippen molar-refractivity contribution in [3.63, 3.8) is 0 Å². The summed E-state index contributed by atoms with van der Waals surface area (Å²) in [5.74, 6) is -0.214. The SMILES string of the molecule is C=CC(C)(CNC)Cc1cc(Cl)ccc1F. The standard InChI is InChI=1S/C13H17ClFN/c1-4-13(2,9-16-3)8-10-7-11(14)5-6-12(10)15/h4-7,16H,1,8-9H2,2-3H3. The van der Waals surface area contributed by atoms with Crippen molar-refractivity contribution in [2.75, 3.05) is 13.6 Å². The molecule has 1 N–H and O–H groups in total. The van der Waals surface area contributed by atoms with Gasteiger partial charge < -0.3 is 5.32 Å². The van der Waals surface area contributed by atoms with E-state index < -0.39 is 0 Å². The fourth-order valence-corrected chi connectivity index (χ4v) is 1.92. The lowest BCUT2D eigenvalue weighted by Crippen LogP contribution is -2.30. The summed E-state index contributed by atoms with van der Waals surface area (Å²) in [6.07, 6.45) is 2.44. The van der Waals surface area contributed by atoms with E-state index in [0.717, 1.165) is 6.54 Å². The van der Waals surface area contributed by atoms with Gasteiger partial charge in [-0.25, -0.2) is 4.39 Å². The van der Waals surface area contributed by atoms with Crippen LogP contribution in [0.4, 0.5) is 4.39 Å². The molecule has 3 heteroatoms. The molecule has 0 amide bonds. The van der Waals surface area contributed by atoms with Crippen molar-refractivity contribution < 1.29 is 4.39 Å². The normalized spacial score (nSPS) is 14.5. The molecule has 16 heavy (non-hydrogen) atoms. The predicted molar refractivity (Wildman–Crippen MR) is 67.3 cm³/mol. The summed E-state index contributed by atoms with van der Waals surface area (Å²) in [4.78, 5) is 0. The molecule has 0 aliphatic heterocycles. The van der Waals surface area contributed by atoms with E-state index in [0.29, 0.717) is 17.0 Å². The summed E-state index contributed by atoms with van der Waals surface area (Å²) in [5, 5.41) is 3.65. The molecule has 0 heterocycles. The number of hydrogen-bond donors (Lipinski definition) is 1. The number of rotatable bonds is 5. The van der Waals surface area contributed by atoms with Crippen LogP contribution in [-0.2, 0) is 6.42 Å². The Bertz CT molecular complexity index is 378. The highest BCUT2D eigenvalue weighted by Crippen LogP contribution is 2.26. The molecule has 1 rings (SSSR count). The topological polar surface area (TPSA) is 12.0 Å². The molecule has 0 saturated carbocycles. The first-order valence-corrected chi connectivity index (χ1v) is 5.61. The first kappa shape index (κ1) is 13.2. The number of halogens is 2. The van der Waals surface area contributed by atoms with Crippen molar-refractivity contribution in [1.29, 1.82) is 0 Å². The molecule has 0 aliphatic carbocycles. The molecular formula is C13H17ClFN. The summed E-state index contributed by atoms with van der Waals surface area (Å²) in [7, 11) is 1.87.